The summed E-state index contributed by atoms with van der Waals surface area (Å²) in [6, 6.07) is 0. The number of thiocarbonyl (C=S) groups is 1. The highest BCUT2D eigenvalue weighted by Crippen LogP contribution is 1.55. The van der Waals surface area contributed by atoms with Crippen LogP contribution in [-0.4, -0.2) is 22.8 Å². The van der Waals surface area contributed by atoms with Crippen LogP contribution >= 0.6 is 12.2 Å². The Kier molecular flexibility index (Phi) is 12.7. The van der Waals surface area contributed by atoms with Gasteiger partial charge in [-0.3, -0.25) is 4.79 Å². The van der Waals surface area contributed by atoms with Crippen molar-refractivity contribution in [3.8, 4) is 0 Å². The highest BCUT2D eigenvalue weighted by Gasteiger charge is 1.65. The number of aliphatic carboxylic acids is 1. The largest absolute Gasteiger partial charge is 0.481 e. The van der Waals surface area contributed by atoms with E-state index in [1.807, 2.05) is 6.92 Å². The third-order valence-corrected chi connectivity index (χ3v) is 0.352. The van der Waals surface area contributed by atoms with Crippen LogP contribution in [0.4, 0.5) is 0 Å². The van der Waals surface area contributed by atoms with E-state index in [9.17, 15) is 0 Å². The fourth-order valence-corrected chi connectivity index (χ4v) is 0.194. The SMILES string of the molecule is CC(=O)O.CCN=C=S. The van der Waals surface area contributed by atoms with Crippen LogP contribution in [0.25, 0.3) is 0 Å². The van der Waals surface area contributed by atoms with E-state index in [0.29, 0.717) is 0 Å². The van der Waals surface area contributed by atoms with Gasteiger partial charge in [0.05, 0.1) is 5.16 Å². The van der Waals surface area contributed by atoms with Crippen molar-refractivity contribution in [2.24, 2.45) is 4.99 Å². The number of carboxylic acids is 1. The van der Waals surface area contributed by atoms with Crippen molar-refractivity contribution in [3.05, 3.63) is 0 Å². The molecule has 0 amide bonds. The second kappa shape index (κ2) is 10.3. The normalized spacial score (nSPS) is 6.00. The fourth-order valence-electron chi connectivity index (χ4n) is 0.0645. The molecule has 0 atom stereocenters. The molecule has 0 saturated heterocycles. The lowest BCUT2D eigenvalue weighted by atomic mass is 10.8. The van der Waals surface area contributed by atoms with Crippen molar-refractivity contribution in [1.29, 1.82) is 0 Å². The highest BCUT2D eigenvalue weighted by molar-refractivity contribution is 7.78. The average molecular weight is 147 g/mol. The van der Waals surface area contributed by atoms with Gasteiger partial charge in [-0.25, -0.2) is 4.99 Å². The predicted octanol–water partition coefficient (Wildman–Crippen LogP) is 1.20. The van der Waals surface area contributed by atoms with Crippen molar-refractivity contribution < 1.29 is 9.90 Å². The standard InChI is InChI=1S/C3H5NS.C2H4O2/c1-2-4-3-5;1-2(3)4/h2H2,1H3;1H3,(H,3,4). The van der Waals surface area contributed by atoms with Gasteiger partial charge in [-0.05, 0) is 19.1 Å². The van der Waals surface area contributed by atoms with Crippen LogP contribution in [0, 0.1) is 0 Å². The minimum atomic E-state index is -0.833. The van der Waals surface area contributed by atoms with Crippen molar-refractivity contribution in [2.45, 2.75) is 13.8 Å². The predicted molar refractivity (Wildman–Crippen MR) is 38.9 cm³/mol. The van der Waals surface area contributed by atoms with Crippen LogP contribution in [0.1, 0.15) is 13.8 Å². The Morgan fingerprint density at radius 2 is 2.22 bits per heavy atom. The first-order valence-corrected chi connectivity index (χ1v) is 2.79. The van der Waals surface area contributed by atoms with Crippen molar-refractivity contribution in [1.82, 2.24) is 0 Å². The van der Waals surface area contributed by atoms with Gasteiger partial charge in [0.15, 0.2) is 0 Å². The number of carboxylic acid groups (broad SMARTS) is 1. The van der Waals surface area contributed by atoms with Gasteiger partial charge in [-0.1, -0.05) is 0 Å². The zero-order chi connectivity index (χ0) is 7.70. The minimum absolute atomic E-state index is 0.753. The number of hydrogen-bond donors (Lipinski definition) is 1. The first-order valence-electron chi connectivity index (χ1n) is 2.38. The van der Waals surface area contributed by atoms with Crippen molar-refractivity contribution >= 4 is 23.3 Å². The summed E-state index contributed by atoms with van der Waals surface area (Å²) in [7, 11) is 0. The molecule has 0 aliphatic heterocycles. The van der Waals surface area contributed by atoms with E-state index in [4.69, 9.17) is 9.90 Å². The van der Waals surface area contributed by atoms with Crippen LogP contribution in [-0.2, 0) is 4.79 Å². The molecule has 0 radical (unpaired) electrons. The maximum atomic E-state index is 9.00. The molecular weight excluding hydrogens is 138 g/mol. The number of carbonyl (C=O) groups is 1. The van der Waals surface area contributed by atoms with Crippen molar-refractivity contribution in [3.63, 3.8) is 0 Å². The first kappa shape index (κ1) is 11.1. The van der Waals surface area contributed by atoms with Crippen LogP contribution in [0.5, 0.6) is 0 Å². The molecule has 0 aliphatic rings. The second-order valence-electron chi connectivity index (χ2n) is 1.08. The lowest BCUT2D eigenvalue weighted by Crippen LogP contribution is -1.78. The van der Waals surface area contributed by atoms with Gasteiger partial charge in [0.2, 0.25) is 0 Å². The Morgan fingerprint density at radius 3 is 2.22 bits per heavy atom. The Balaban J connectivity index is 0. The number of hydrogen-bond acceptors (Lipinski definition) is 3. The Labute approximate surface area is 59.4 Å². The van der Waals surface area contributed by atoms with Gasteiger partial charge < -0.3 is 5.11 Å². The molecule has 4 heteroatoms. The molecule has 0 aromatic carbocycles. The molecule has 0 spiro atoms. The van der Waals surface area contributed by atoms with E-state index < -0.39 is 5.97 Å². The molecule has 3 nitrogen and oxygen atoms in total. The summed E-state index contributed by atoms with van der Waals surface area (Å²) in [4.78, 5) is 12.5. The third kappa shape index (κ3) is 125. The minimum Gasteiger partial charge on any atom is -0.481 e. The van der Waals surface area contributed by atoms with Crippen LogP contribution < -0.4 is 0 Å². The van der Waals surface area contributed by atoms with Gasteiger partial charge in [0.1, 0.15) is 0 Å². The molecule has 52 valence electrons. The Hall–Kier alpha value is -0.730. The highest BCUT2D eigenvalue weighted by atomic mass is 32.1. The maximum absolute atomic E-state index is 9.00. The summed E-state index contributed by atoms with van der Waals surface area (Å²) < 4.78 is 0. The van der Waals surface area contributed by atoms with Crippen LogP contribution in [0.15, 0.2) is 4.99 Å². The number of isothiocyanates is 1. The lowest BCUT2D eigenvalue weighted by Gasteiger charge is -1.60. The van der Waals surface area contributed by atoms with E-state index in [1.54, 1.807) is 0 Å². The monoisotopic (exact) mass is 147 g/mol. The summed E-state index contributed by atoms with van der Waals surface area (Å²) >= 11 is 4.23. The van der Waals surface area contributed by atoms with Crippen LogP contribution in [0.3, 0.4) is 0 Å². The van der Waals surface area contributed by atoms with E-state index in [0.717, 1.165) is 13.5 Å². The third-order valence-electron chi connectivity index (χ3n) is 0.223. The lowest BCUT2D eigenvalue weighted by molar-refractivity contribution is -0.134. The summed E-state index contributed by atoms with van der Waals surface area (Å²) in [5.74, 6) is -0.833. The van der Waals surface area contributed by atoms with Crippen molar-refractivity contribution in [2.75, 3.05) is 6.54 Å². The molecule has 0 rings (SSSR count). The summed E-state index contributed by atoms with van der Waals surface area (Å²) in [5.41, 5.74) is 0. The van der Waals surface area contributed by atoms with Gasteiger partial charge in [0, 0.05) is 13.5 Å². The summed E-state index contributed by atoms with van der Waals surface area (Å²) in [6.07, 6.45) is 0. The molecule has 0 aliphatic carbocycles. The zero-order valence-corrected chi connectivity index (χ0v) is 6.23. The molecular formula is C5H9NO2S. The smallest absolute Gasteiger partial charge is 0.300 e. The average Bonchev–Trinajstić information content (AvgIpc) is 1.66. The van der Waals surface area contributed by atoms with E-state index in [2.05, 4.69) is 22.4 Å². The molecule has 0 bridgehead atoms. The molecule has 0 aromatic heterocycles. The molecule has 9 heavy (non-hydrogen) atoms. The molecule has 0 heterocycles. The Bertz CT molecular complexity index is 114. The summed E-state index contributed by atoms with van der Waals surface area (Å²) in [5, 5.41) is 9.64. The van der Waals surface area contributed by atoms with E-state index >= 15 is 0 Å². The molecule has 0 aromatic rings. The maximum Gasteiger partial charge on any atom is 0.300 e. The topological polar surface area (TPSA) is 49.7 Å². The van der Waals surface area contributed by atoms with Gasteiger partial charge in [-0.2, -0.15) is 0 Å². The first-order chi connectivity index (χ1) is 4.15. The van der Waals surface area contributed by atoms with Gasteiger partial charge >= 0.3 is 0 Å². The Morgan fingerprint density at radius 1 is 1.89 bits per heavy atom. The molecule has 0 saturated carbocycles. The number of aliphatic imine (C=N–C) groups is 1. The molecule has 0 unspecified atom stereocenters. The molecule has 0 fully saturated rings. The van der Waals surface area contributed by atoms with E-state index in [1.165, 1.54) is 0 Å². The fraction of sp³-hybridized carbons (Fsp3) is 0.600. The summed E-state index contributed by atoms with van der Waals surface area (Å²) in [6.45, 7) is 3.75. The van der Waals surface area contributed by atoms with Crippen LogP contribution in [0.2, 0.25) is 0 Å². The van der Waals surface area contributed by atoms with Gasteiger partial charge in [0.25, 0.3) is 5.97 Å². The van der Waals surface area contributed by atoms with Gasteiger partial charge in [-0.15, -0.1) is 0 Å². The number of nitrogens with zero attached hydrogens (tertiary/aromatic N) is 1. The quantitative estimate of drug-likeness (QED) is 0.448. The second-order valence-corrected chi connectivity index (χ2v) is 1.27. The number of rotatable bonds is 1. The molecule has 1 N–H and O–H groups in total. The zero-order valence-electron chi connectivity index (χ0n) is 5.42. The van der Waals surface area contributed by atoms with E-state index in [-0.39, 0.29) is 0 Å².